The number of carbonyl (C=O) groups is 1. The van der Waals surface area contributed by atoms with Crippen LogP contribution in [0.25, 0.3) is 0 Å². The number of thiophene rings is 1. The fourth-order valence-electron chi connectivity index (χ4n) is 2.33. The molecule has 0 saturated carbocycles. The van der Waals surface area contributed by atoms with Gasteiger partial charge in [0.15, 0.2) is 0 Å². The summed E-state index contributed by atoms with van der Waals surface area (Å²) in [5, 5.41) is 16.0. The lowest BCUT2D eigenvalue weighted by Gasteiger charge is -2.17. The Morgan fingerprint density at radius 1 is 1.50 bits per heavy atom. The average molecular weight is 293 g/mol. The molecular weight excluding hydrogens is 274 g/mol. The largest absolute Gasteiger partial charge is 0.379 e. The second-order valence-electron chi connectivity index (χ2n) is 4.90. The van der Waals surface area contributed by atoms with E-state index in [1.54, 1.807) is 0 Å². The van der Waals surface area contributed by atoms with Crippen LogP contribution < -0.4 is 10.6 Å². The summed E-state index contributed by atoms with van der Waals surface area (Å²) in [5.41, 5.74) is 1.51. The predicted octanol–water partition coefficient (Wildman–Crippen LogP) is 1.80. The van der Waals surface area contributed by atoms with Crippen LogP contribution in [0.15, 0.2) is 0 Å². The molecule has 108 valence electrons. The molecule has 1 aromatic rings. The van der Waals surface area contributed by atoms with Crippen molar-refractivity contribution >= 4 is 22.2 Å². The van der Waals surface area contributed by atoms with Crippen molar-refractivity contribution in [2.24, 2.45) is 5.92 Å². The molecule has 2 heterocycles. The molecule has 2 rings (SSSR count). The van der Waals surface area contributed by atoms with Gasteiger partial charge in [0.1, 0.15) is 11.1 Å². The Labute approximate surface area is 122 Å². The standard InChI is InChI=1S/C14H19N3O2S/c1-4-16-12-7-19-6-11(12)13(18)17-14-10(5-15)8(2)9(3)20-14/h11-12,16H,4,6-7H2,1-3H3,(H,17,18). The Morgan fingerprint density at radius 2 is 2.25 bits per heavy atom. The van der Waals surface area contributed by atoms with Gasteiger partial charge in [-0.1, -0.05) is 6.92 Å². The predicted molar refractivity (Wildman–Crippen MR) is 78.9 cm³/mol. The Morgan fingerprint density at radius 3 is 2.90 bits per heavy atom. The molecule has 1 aromatic heterocycles. The maximum absolute atomic E-state index is 12.4. The number of ether oxygens (including phenoxy) is 1. The van der Waals surface area contributed by atoms with Gasteiger partial charge in [-0.25, -0.2) is 0 Å². The van der Waals surface area contributed by atoms with Gasteiger partial charge in [0, 0.05) is 10.9 Å². The van der Waals surface area contributed by atoms with Crippen molar-refractivity contribution < 1.29 is 9.53 Å². The van der Waals surface area contributed by atoms with Crippen LogP contribution in [0.5, 0.6) is 0 Å². The van der Waals surface area contributed by atoms with E-state index in [4.69, 9.17) is 4.74 Å². The van der Waals surface area contributed by atoms with E-state index in [2.05, 4.69) is 16.7 Å². The molecule has 1 fully saturated rings. The highest BCUT2D eigenvalue weighted by molar-refractivity contribution is 7.16. The lowest BCUT2D eigenvalue weighted by Crippen LogP contribution is -2.41. The third-order valence-corrected chi connectivity index (χ3v) is 4.74. The number of likely N-dealkylation sites (N-methyl/N-ethyl adjacent to an activating group) is 1. The maximum atomic E-state index is 12.4. The number of hydrogen-bond acceptors (Lipinski definition) is 5. The van der Waals surface area contributed by atoms with Gasteiger partial charge in [0.05, 0.1) is 24.7 Å². The number of amides is 1. The Hall–Kier alpha value is -1.42. The number of aryl methyl sites for hydroxylation is 1. The first-order valence-electron chi connectivity index (χ1n) is 6.70. The van der Waals surface area contributed by atoms with Crippen LogP contribution in [0.3, 0.4) is 0 Å². The minimum atomic E-state index is -0.204. The molecule has 0 spiro atoms. The molecular formula is C14H19N3O2S. The third kappa shape index (κ3) is 2.85. The minimum absolute atomic E-state index is 0.0488. The summed E-state index contributed by atoms with van der Waals surface area (Å²) in [6.45, 7) is 7.65. The fourth-order valence-corrected chi connectivity index (χ4v) is 3.34. The maximum Gasteiger partial charge on any atom is 0.232 e. The molecule has 1 aliphatic heterocycles. The van der Waals surface area contributed by atoms with Crippen LogP contribution in [0, 0.1) is 31.1 Å². The topological polar surface area (TPSA) is 74.2 Å². The Bertz CT molecular complexity index is 547. The van der Waals surface area contributed by atoms with Crippen LogP contribution in [0.1, 0.15) is 22.9 Å². The molecule has 2 N–H and O–H groups in total. The summed E-state index contributed by atoms with van der Waals surface area (Å²) in [6.07, 6.45) is 0. The van der Waals surface area contributed by atoms with E-state index in [0.717, 1.165) is 17.0 Å². The minimum Gasteiger partial charge on any atom is -0.379 e. The SMILES string of the molecule is CCNC1COCC1C(=O)Nc1sc(C)c(C)c1C#N. The van der Waals surface area contributed by atoms with E-state index in [1.807, 2.05) is 20.8 Å². The van der Waals surface area contributed by atoms with E-state index in [1.165, 1.54) is 11.3 Å². The van der Waals surface area contributed by atoms with Crippen molar-refractivity contribution in [1.29, 1.82) is 5.26 Å². The highest BCUT2D eigenvalue weighted by Gasteiger charge is 2.34. The first-order valence-corrected chi connectivity index (χ1v) is 7.52. The fraction of sp³-hybridized carbons (Fsp3) is 0.571. The van der Waals surface area contributed by atoms with Gasteiger partial charge < -0.3 is 15.4 Å². The van der Waals surface area contributed by atoms with Gasteiger partial charge in [-0.05, 0) is 26.0 Å². The molecule has 0 aliphatic carbocycles. The normalized spacial score (nSPS) is 21.7. The van der Waals surface area contributed by atoms with E-state index in [0.29, 0.717) is 23.8 Å². The summed E-state index contributed by atoms with van der Waals surface area (Å²) in [5.74, 6) is -0.282. The Kier molecular flexibility index (Phi) is 4.76. The number of carbonyl (C=O) groups excluding carboxylic acids is 1. The summed E-state index contributed by atoms with van der Waals surface area (Å²) < 4.78 is 5.38. The first kappa shape index (κ1) is 15.0. The second kappa shape index (κ2) is 6.35. The van der Waals surface area contributed by atoms with Crippen LogP contribution in [-0.2, 0) is 9.53 Å². The number of rotatable bonds is 4. The molecule has 0 bridgehead atoms. The molecule has 1 saturated heterocycles. The molecule has 1 amide bonds. The first-order chi connectivity index (χ1) is 9.58. The van der Waals surface area contributed by atoms with Gasteiger partial charge >= 0.3 is 0 Å². The highest BCUT2D eigenvalue weighted by atomic mass is 32.1. The van der Waals surface area contributed by atoms with Gasteiger partial charge in [-0.2, -0.15) is 5.26 Å². The van der Waals surface area contributed by atoms with Gasteiger partial charge in [0.2, 0.25) is 5.91 Å². The summed E-state index contributed by atoms with van der Waals surface area (Å²) in [4.78, 5) is 13.4. The molecule has 2 atom stereocenters. The van der Waals surface area contributed by atoms with Crippen molar-refractivity contribution in [3.8, 4) is 6.07 Å². The Balaban J connectivity index is 2.12. The summed E-state index contributed by atoms with van der Waals surface area (Å²) in [7, 11) is 0. The summed E-state index contributed by atoms with van der Waals surface area (Å²) >= 11 is 1.45. The van der Waals surface area contributed by atoms with Crippen molar-refractivity contribution in [2.75, 3.05) is 25.1 Å². The van der Waals surface area contributed by atoms with Crippen molar-refractivity contribution in [2.45, 2.75) is 26.8 Å². The molecule has 5 nitrogen and oxygen atoms in total. The smallest absolute Gasteiger partial charge is 0.232 e. The number of anilines is 1. The zero-order chi connectivity index (χ0) is 14.7. The second-order valence-corrected chi connectivity index (χ2v) is 6.12. The van der Waals surface area contributed by atoms with Crippen LogP contribution >= 0.6 is 11.3 Å². The van der Waals surface area contributed by atoms with Crippen molar-refractivity contribution in [3.05, 3.63) is 16.0 Å². The van der Waals surface area contributed by atoms with Crippen LogP contribution in [-0.4, -0.2) is 31.7 Å². The van der Waals surface area contributed by atoms with Crippen molar-refractivity contribution in [1.82, 2.24) is 5.32 Å². The number of nitrogens with one attached hydrogen (secondary N) is 2. The molecule has 1 aliphatic rings. The molecule has 0 radical (unpaired) electrons. The van der Waals surface area contributed by atoms with Crippen LogP contribution in [0.2, 0.25) is 0 Å². The van der Waals surface area contributed by atoms with Crippen molar-refractivity contribution in [3.63, 3.8) is 0 Å². The van der Waals surface area contributed by atoms with Gasteiger partial charge in [-0.3, -0.25) is 4.79 Å². The number of nitriles is 1. The monoisotopic (exact) mass is 293 g/mol. The van der Waals surface area contributed by atoms with Gasteiger partial charge in [-0.15, -0.1) is 11.3 Å². The van der Waals surface area contributed by atoms with E-state index in [9.17, 15) is 10.1 Å². The number of hydrogen-bond donors (Lipinski definition) is 2. The lowest BCUT2D eigenvalue weighted by atomic mass is 10.0. The molecule has 0 aromatic carbocycles. The quantitative estimate of drug-likeness (QED) is 0.887. The molecule has 2 unspecified atom stereocenters. The third-order valence-electron chi connectivity index (χ3n) is 3.62. The van der Waals surface area contributed by atoms with E-state index < -0.39 is 0 Å². The number of nitrogens with zero attached hydrogens (tertiary/aromatic N) is 1. The highest BCUT2D eigenvalue weighted by Crippen LogP contribution is 2.32. The zero-order valence-electron chi connectivity index (χ0n) is 11.9. The van der Waals surface area contributed by atoms with Gasteiger partial charge in [0.25, 0.3) is 0 Å². The van der Waals surface area contributed by atoms with E-state index >= 15 is 0 Å². The summed E-state index contributed by atoms with van der Waals surface area (Å²) in [6, 6.07) is 2.21. The molecule has 6 heteroatoms. The molecule has 20 heavy (non-hydrogen) atoms. The lowest BCUT2D eigenvalue weighted by molar-refractivity contribution is -0.120. The zero-order valence-corrected chi connectivity index (χ0v) is 12.8. The average Bonchev–Trinajstić information content (AvgIpc) is 2.97. The van der Waals surface area contributed by atoms with Crippen LogP contribution in [0.4, 0.5) is 5.00 Å². The van der Waals surface area contributed by atoms with E-state index in [-0.39, 0.29) is 17.9 Å².